The molecule has 0 spiro atoms. The van der Waals surface area contributed by atoms with Crippen LogP contribution in [-0.4, -0.2) is 21.0 Å². The van der Waals surface area contributed by atoms with Crippen LogP contribution in [0, 0.1) is 3.57 Å². The average Bonchev–Trinajstić information content (AvgIpc) is 2.96. The van der Waals surface area contributed by atoms with Gasteiger partial charge in [-0.3, -0.25) is 0 Å². The number of aromatic nitrogens is 3. The molecule has 0 bridgehead atoms. The average molecular weight is 368 g/mol. The number of hydrogen-bond acceptors (Lipinski definition) is 3. The Morgan fingerprint density at radius 3 is 2.79 bits per heavy atom. The lowest BCUT2D eigenvalue weighted by Crippen LogP contribution is -2.23. The van der Waals surface area contributed by atoms with Gasteiger partial charge in [0, 0.05) is 9.61 Å². The Balaban J connectivity index is 1.87. The number of hydrogen-bond donors (Lipinski definition) is 1. The van der Waals surface area contributed by atoms with Gasteiger partial charge >= 0.3 is 0 Å². The number of halogens is 1. The maximum absolute atomic E-state index is 4.10. The molecule has 3 rings (SSSR count). The van der Waals surface area contributed by atoms with E-state index in [1.165, 1.54) is 35.7 Å². The lowest BCUT2D eigenvalue weighted by molar-refractivity contribution is 0.462. The number of nitrogens with zero attached hydrogens (tertiary/aromatic N) is 3. The van der Waals surface area contributed by atoms with Crippen molar-refractivity contribution < 1.29 is 0 Å². The Morgan fingerprint density at radius 2 is 2.05 bits per heavy atom. The van der Waals surface area contributed by atoms with Crippen LogP contribution < -0.4 is 5.32 Å². The van der Waals surface area contributed by atoms with Gasteiger partial charge in [-0.05, 0) is 53.6 Å². The molecule has 0 saturated heterocycles. The molecule has 1 fully saturated rings. The molecular weight excluding hydrogens is 351 g/mol. The van der Waals surface area contributed by atoms with E-state index in [4.69, 9.17) is 0 Å². The predicted octanol–water partition coefficient (Wildman–Crippen LogP) is 3.62. The predicted molar refractivity (Wildman–Crippen MR) is 84.6 cm³/mol. The molecule has 0 amide bonds. The SMILES string of the molecule is Ic1ccc(NC2CCCCC2)c(-n2ccnn2)c1. The molecule has 5 heteroatoms. The van der Waals surface area contributed by atoms with Crippen LogP contribution in [0.25, 0.3) is 5.69 Å². The van der Waals surface area contributed by atoms with E-state index < -0.39 is 0 Å². The number of rotatable bonds is 3. The zero-order chi connectivity index (χ0) is 13.1. The fourth-order valence-electron chi connectivity index (χ4n) is 2.62. The molecule has 0 radical (unpaired) electrons. The summed E-state index contributed by atoms with van der Waals surface area (Å²) in [6.45, 7) is 0. The van der Waals surface area contributed by atoms with Crippen LogP contribution in [0.1, 0.15) is 32.1 Å². The van der Waals surface area contributed by atoms with E-state index in [0.717, 1.165) is 11.4 Å². The first kappa shape index (κ1) is 12.9. The molecule has 2 aromatic rings. The van der Waals surface area contributed by atoms with Crippen molar-refractivity contribution in [2.24, 2.45) is 0 Å². The highest BCUT2D eigenvalue weighted by atomic mass is 127. The molecule has 4 nitrogen and oxygen atoms in total. The highest BCUT2D eigenvalue weighted by Crippen LogP contribution is 2.26. The van der Waals surface area contributed by atoms with Crippen molar-refractivity contribution in [1.29, 1.82) is 0 Å². The van der Waals surface area contributed by atoms with E-state index in [1.54, 1.807) is 6.20 Å². The van der Waals surface area contributed by atoms with Crippen molar-refractivity contribution in [3.63, 3.8) is 0 Å². The molecule has 0 unspecified atom stereocenters. The van der Waals surface area contributed by atoms with Crippen LogP contribution in [0.2, 0.25) is 0 Å². The van der Waals surface area contributed by atoms with Crippen LogP contribution in [0.4, 0.5) is 5.69 Å². The fraction of sp³-hybridized carbons (Fsp3) is 0.429. The summed E-state index contributed by atoms with van der Waals surface area (Å²) in [5.41, 5.74) is 2.23. The van der Waals surface area contributed by atoms with Crippen LogP contribution >= 0.6 is 22.6 Å². The van der Waals surface area contributed by atoms with E-state index in [-0.39, 0.29) is 0 Å². The molecule has 1 saturated carbocycles. The Labute approximate surface area is 126 Å². The second kappa shape index (κ2) is 5.90. The molecule has 0 atom stereocenters. The molecule has 1 heterocycles. The molecule has 0 aliphatic heterocycles. The van der Waals surface area contributed by atoms with Crippen molar-refractivity contribution in [3.05, 3.63) is 34.2 Å². The summed E-state index contributed by atoms with van der Waals surface area (Å²) < 4.78 is 3.03. The van der Waals surface area contributed by atoms with Crippen molar-refractivity contribution in [2.75, 3.05) is 5.32 Å². The third kappa shape index (κ3) is 3.08. The Kier molecular flexibility index (Phi) is 4.00. The van der Waals surface area contributed by atoms with Gasteiger partial charge in [0.05, 0.1) is 23.8 Å². The third-order valence-corrected chi connectivity index (χ3v) is 4.26. The van der Waals surface area contributed by atoms with Gasteiger partial charge in [-0.25, -0.2) is 4.68 Å². The van der Waals surface area contributed by atoms with Gasteiger partial charge in [-0.1, -0.05) is 24.5 Å². The summed E-state index contributed by atoms with van der Waals surface area (Å²) in [6.07, 6.45) is 10.2. The Morgan fingerprint density at radius 1 is 1.21 bits per heavy atom. The van der Waals surface area contributed by atoms with Crippen molar-refractivity contribution in [3.8, 4) is 5.69 Å². The minimum atomic E-state index is 0.594. The molecule has 1 aromatic carbocycles. The molecule has 1 aliphatic rings. The summed E-state index contributed by atoms with van der Waals surface area (Å²) >= 11 is 2.33. The van der Waals surface area contributed by atoms with E-state index in [2.05, 4.69) is 56.4 Å². The molecule has 100 valence electrons. The van der Waals surface area contributed by atoms with Crippen LogP contribution in [0.5, 0.6) is 0 Å². The maximum Gasteiger partial charge on any atom is 0.0905 e. The largest absolute Gasteiger partial charge is 0.381 e. The normalized spacial score (nSPS) is 16.5. The minimum Gasteiger partial charge on any atom is -0.381 e. The van der Waals surface area contributed by atoms with Crippen molar-refractivity contribution in [2.45, 2.75) is 38.1 Å². The van der Waals surface area contributed by atoms with E-state index >= 15 is 0 Å². The molecule has 19 heavy (non-hydrogen) atoms. The smallest absolute Gasteiger partial charge is 0.0905 e. The molecule has 1 N–H and O–H groups in total. The first-order valence-corrected chi connectivity index (χ1v) is 7.83. The van der Waals surface area contributed by atoms with E-state index in [0.29, 0.717) is 6.04 Å². The molecule has 1 aliphatic carbocycles. The van der Waals surface area contributed by atoms with Gasteiger partial charge in [-0.2, -0.15) is 0 Å². The van der Waals surface area contributed by atoms with Gasteiger partial charge in [0.1, 0.15) is 0 Å². The summed E-state index contributed by atoms with van der Waals surface area (Å²) in [5.74, 6) is 0. The van der Waals surface area contributed by atoms with Crippen LogP contribution in [-0.2, 0) is 0 Å². The second-order valence-corrected chi connectivity index (χ2v) is 6.23. The number of anilines is 1. The maximum atomic E-state index is 4.10. The number of benzene rings is 1. The fourth-order valence-corrected chi connectivity index (χ4v) is 3.09. The lowest BCUT2D eigenvalue weighted by atomic mass is 9.95. The molecular formula is C14H17IN4. The standard InChI is InChI=1S/C14H17IN4/c15-11-6-7-13(17-12-4-2-1-3-5-12)14(10-11)19-9-8-16-18-19/h6-10,12,17H,1-5H2. The van der Waals surface area contributed by atoms with Crippen molar-refractivity contribution in [1.82, 2.24) is 15.0 Å². The Hall–Kier alpha value is -1.11. The zero-order valence-corrected chi connectivity index (χ0v) is 12.9. The first-order valence-electron chi connectivity index (χ1n) is 6.76. The van der Waals surface area contributed by atoms with Gasteiger partial charge in [0.15, 0.2) is 0 Å². The van der Waals surface area contributed by atoms with Crippen LogP contribution in [0.15, 0.2) is 30.6 Å². The van der Waals surface area contributed by atoms with E-state index in [1.807, 2.05) is 10.9 Å². The first-order chi connectivity index (χ1) is 9.33. The summed E-state index contributed by atoms with van der Waals surface area (Å²) in [6, 6.07) is 7.01. The zero-order valence-electron chi connectivity index (χ0n) is 10.7. The summed E-state index contributed by atoms with van der Waals surface area (Å²) in [7, 11) is 0. The summed E-state index contributed by atoms with van der Waals surface area (Å²) in [4.78, 5) is 0. The monoisotopic (exact) mass is 368 g/mol. The second-order valence-electron chi connectivity index (χ2n) is 4.99. The van der Waals surface area contributed by atoms with Gasteiger partial charge < -0.3 is 5.32 Å². The summed E-state index contributed by atoms with van der Waals surface area (Å²) in [5, 5.41) is 11.7. The topological polar surface area (TPSA) is 42.7 Å². The van der Waals surface area contributed by atoms with Crippen molar-refractivity contribution >= 4 is 28.3 Å². The molecule has 1 aromatic heterocycles. The van der Waals surface area contributed by atoms with Gasteiger partial charge in [0.2, 0.25) is 0 Å². The Bertz CT molecular complexity index is 532. The lowest BCUT2D eigenvalue weighted by Gasteiger charge is -2.25. The highest BCUT2D eigenvalue weighted by Gasteiger charge is 2.15. The minimum absolute atomic E-state index is 0.594. The van der Waals surface area contributed by atoms with Gasteiger partial charge in [0.25, 0.3) is 0 Å². The van der Waals surface area contributed by atoms with Gasteiger partial charge in [-0.15, -0.1) is 5.10 Å². The third-order valence-electron chi connectivity index (χ3n) is 3.59. The van der Waals surface area contributed by atoms with E-state index in [9.17, 15) is 0 Å². The van der Waals surface area contributed by atoms with Crippen LogP contribution in [0.3, 0.4) is 0 Å². The highest BCUT2D eigenvalue weighted by molar-refractivity contribution is 14.1. The number of nitrogens with one attached hydrogen (secondary N) is 1. The quantitative estimate of drug-likeness (QED) is 0.842.